The zero-order valence-electron chi connectivity index (χ0n) is 34.6. The summed E-state index contributed by atoms with van der Waals surface area (Å²) >= 11 is 0. The number of hydrogen-bond acceptors (Lipinski definition) is 2. The molecule has 3 heterocycles. The molecule has 0 radical (unpaired) electrons. The first-order valence-corrected chi connectivity index (χ1v) is 21.9. The number of aromatic nitrogens is 4. The number of hydrogen-bond donors (Lipinski definition) is 0. The lowest BCUT2D eigenvalue weighted by molar-refractivity contribution is 1.17. The average molecular weight is 813 g/mol. The molecule has 0 fully saturated rings. The van der Waals surface area contributed by atoms with Gasteiger partial charge >= 0.3 is 0 Å². The summed E-state index contributed by atoms with van der Waals surface area (Å²) in [7, 11) is 0. The Labute approximate surface area is 367 Å². The molecule has 4 heteroatoms. The largest absolute Gasteiger partial charge is 0.309 e. The lowest BCUT2D eigenvalue weighted by Gasteiger charge is -2.13. The third kappa shape index (κ3) is 5.23. The molecule has 14 rings (SSSR count). The van der Waals surface area contributed by atoms with Gasteiger partial charge in [0.15, 0.2) is 0 Å². The van der Waals surface area contributed by atoms with Crippen LogP contribution in [-0.4, -0.2) is 19.1 Å². The molecular weight excluding hydrogens is 777 g/mol. The van der Waals surface area contributed by atoms with Crippen molar-refractivity contribution in [1.82, 2.24) is 19.1 Å². The zero-order chi connectivity index (χ0) is 41.9. The first-order valence-electron chi connectivity index (χ1n) is 21.9. The molecule has 0 amide bonds. The summed E-state index contributed by atoms with van der Waals surface area (Å²) in [6.45, 7) is 0. The SMILES string of the molecule is c1ccc2cc(-c3nc4ccccc4nc3-c3ccc4cc(-n5c6ccc(-n7c8ccccc8c8ccc9ccccc9c87)cc6c6cc7ccccc7cc65)ccc4c3)ccc2c1. The Morgan fingerprint density at radius 1 is 0.266 bits per heavy atom. The van der Waals surface area contributed by atoms with Crippen LogP contribution < -0.4 is 0 Å². The molecule has 0 atom stereocenters. The maximum atomic E-state index is 5.27. The van der Waals surface area contributed by atoms with Crippen molar-refractivity contribution in [2.45, 2.75) is 0 Å². The minimum Gasteiger partial charge on any atom is -0.309 e. The van der Waals surface area contributed by atoms with E-state index < -0.39 is 0 Å². The minimum absolute atomic E-state index is 0.876. The molecule has 64 heavy (non-hydrogen) atoms. The van der Waals surface area contributed by atoms with E-state index in [0.717, 1.165) is 55.7 Å². The van der Waals surface area contributed by atoms with E-state index >= 15 is 0 Å². The average Bonchev–Trinajstić information content (AvgIpc) is 3.87. The van der Waals surface area contributed by atoms with Crippen LogP contribution in [0.3, 0.4) is 0 Å². The lowest BCUT2D eigenvalue weighted by atomic mass is 9.98. The molecule has 296 valence electrons. The molecule has 0 aliphatic carbocycles. The molecule has 4 nitrogen and oxygen atoms in total. The van der Waals surface area contributed by atoms with Gasteiger partial charge in [0.1, 0.15) is 0 Å². The Bertz CT molecular complexity index is 4270. The summed E-state index contributed by atoms with van der Waals surface area (Å²) in [5.41, 5.74) is 12.7. The van der Waals surface area contributed by atoms with Gasteiger partial charge in [-0.3, -0.25) is 0 Å². The standard InChI is InChI=1S/C60H36N4/c1-2-13-39-31-44(23-21-37(39)11-1)58-59(62-54-19-9-8-18-53(54)61-58)45-24-22-43-33-46(27-25-42(43)32-45)63-56-30-28-47(36-52(56)51-34-40-14-3-4-15-41(40)35-57(51)63)64-55-20-10-7-17-49(55)50-29-26-38-12-5-6-16-48(38)60(50)64/h1-36H. The normalized spacial score (nSPS) is 12.1. The van der Waals surface area contributed by atoms with Gasteiger partial charge in [0.2, 0.25) is 0 Å². The van der Waals surface area contributed by atoms with Crippen molar-refractivity contribution in [1.29, 1.82) is 0 Å². The minimum atomic E-state index is 0.876. The van der Waals surface area contributed by atoms with Crippen LogP contribution in [0.5, 0.6) is 0 Å². The summed E-state index contributed by atoms with van der Waals surface area (Å²) < 4.78 is 4.91. The fourth-order valence-electron chi connectivity index (χ4n) is 10.4. The van der Waals surface area contributed by atoms with Gasteiger partial charge in [-0.1, -0.05) is 146 Å². The Kier molecular flexibility index (Phi) is 7.36. The summed E-state index contributed by atoms with van der Waals surface area (Å²) in [6, 6.07) is 79.3. The van der Waals surface area contributed by atoms with Crippen molar-refractivity contribution in [2.24, 2.45) is 0 Å². The summed E-state index contributed by atoms with van der Waals surface area (Å²) in [6.07, 6.45) is 0. The Morgan fingerprint density at radius 2 is 0.766 bits per heavy atom. The van der Waals surface area contributed by atoms with Crippen molar-refractivity contribution in [3.05, 3.63) is 218 Å². The van der Waals surface area contributed by atoms with Crippen LogP contribution in [0.4, 0.5) is 0 Å². The van der Waals surface area contributed by atoms with Gasteiger partial charge in [0, 0.05) is 49.4 Å². The van der Waals surface area contributed by atoms with Gasteiger partial charge in [0.05, 0.1) is 44.5 Å². The predicted molar refractivity (Wildman–Crippen MR) is 269 cm³/mol. The van der Waals surface area contributed by atoms with Crippen LogP contribution in [0.15, 0.2) is 218 Å². The smallest absolute Gasteiger partial charge is 0.0973 e. The Hall–Kier alpha value is -8.60. The molecule has 0 aliphatic heterocycles. The Morgan fingerprint density at radius 3 is 1.53 bits per heavy atom. The zero-order valence-corrected chi connectivity index (χ0v) is 34.6. The molecular formula is C60H36N4. The molecule has 0 unspecified atom stereocenters. The van der Waals surface area contributed by atoms with Gasteiger partial charge in [-0.2, -0.15) is 0 Å². The topological polar surface area (TPSA) is 35.6 Å². The highest BCUT2D eigenvalue weighted by atomic mass is 15.0. The third-order valence-electron chi connectivity index (χ3n) is 13.4. The Balaban J connectivity index is 0.956. The first kappa shape index (κ1) is 35.0. The van der Waals surface area contributed by atoms with Gasteiger partial charge < -0.3 is 9.13 Å². The summed E-state index contributed by atoms with van der Waals surface area (Å²) in [5, 5.41) is 14.6. The molecule has 0 saturated heterocycles. The second-order valence-corrected chi connectivity index (χ2v) is 17.0. The molecule has 3 aromatic heterocycles. The second-order valence-electron chi connectivity index (χ2n) is 17.0. The van der Waals surface area contributed by atoms with E-state index in [1.807, 2.05) is 24.3 Å². The molecule has 0 saturated carbocycles. The monoisotopic (exact) mass is 812 g/mol. The van der Waals surface area contributed by atoms with E-state index in [4.69, 9.17) is 9.97 Å². The van der Waals surface area contributed by atoms with E-state index in [-0.39, 0.29) is 0 Å². The van der Waals surface area contributed by atoms with Crippen LogP contribution in [0.1, 0.15) is 0 Å². The van der Waals surface area contributed by atoms with Crippen molar-refractivity contribution >= 4 is 97.7 Å². The van der Waals surface area contributed by atoms with E-state index in [9.17, 15) is 0 Å². The van der Waals surface area contributed by atoms with Crippen molar-refractivity contribution in [3.8, 4) is 33.9 Å². The molecule has 0 spiro atoms. The number of para-hydroxylation sites is 3. The quantitative estimate of drug-likeness (QED) is 0.177. The second kappa shape index (κ2) is 13.4. The molecule has 0 aliphatic rings. The van der Waals surface area contributed by atoms with Gasteiger partial charge in [-0.25, -0.2) is 9.97 Å². The molecule has 11 aromatic carbocycles. The van der Waals surface area contributed by atoms with Crippen LogP contribution in [0.25, 0.3) is 132 Å². The summed E-state index contributed by atoms with van der Waals surface area (Å²) in [4.78, 5) is 10.5. The van der Waals surface area contributed by atoms with E-state index in [2.05, 4.69) is 203 Å². The lowest BCUT2D eigenvalue weighted by Crippen LogP contribution is -1.97. The third-order valence-corrected chi connectivity index (χ3v) is 13.4. The van der Waals surface area contributed by atoms with E-state index in [1.54, 1.807) is 0 Å². The van der Waals surface area contributed by atoms with Crippen LogP contribution in [0, 0.1) is 0 Å². The van der Waals surface area contributed by atoms with Crippen LogP contribution >= 0.6 is 0 Å². The predicted octanol–water partition coefficient (Wildman–Crippen LogP) is 15.8. The van der Waals surface area contributed by atoms with Crippen molar-refractivity contribution < 1.29 is 0 Å². The van der Waals surface area contributed by atoms with Gasteiger partial charge in [-0.05, 0) is 110 Å². The molecule has 0 N–H and O–H groups in total. The number of fused-ring (bicyclic) bond motifs is 12. The number of nitrogens with zero attached hydrogens (tertiary/aromatic N) is 4. The van der Waals surface area contributed by atoms with Crippen molar-refractivity contribution in [2.75, 3.05) is 0 Å². The van der Waals surface area contributed by atoms with Crippen molar-refractivity contribution in [3.63, 3.8) is 0 Å². The highest BCUT2D eigenvalue weighted by Gasteiger charge is 2.20. The maximum Gasteiger partial charge on any atom is 0.0973 e. The molecule has 0 bridgehead atoms. The van der Waals surface area contributed by atoms with Crippen LogP contribution in [0.2, 0.25) is 0 Å². The van der Waals surface area contributed by atoms with Gasteiger partial charge in [-0.15, -0.1) is 0 Å². The summed E-state index contributed by atoms with van der Waals surface area (Å²) in [5.74, 6) is 0. The van der Waals surface area contributed by atoms with Crippen LogP contribution in [-0.2, 0) is 0 Å². The molecule has 14 aromatic rings. The highest BCUT2D eigenvalue weighted by molar-refractivity contribution is 6.19. The van der Waals surface area contributed by atoms with E-state index in [0.29, 0.717) is 0 Å². The fraction of sp³-hybridized carbons (Fsp3) is 0. The fourth-order valence-corrected chi connectivity index (χ4v) is 10.4. The number of benzene rings is 11. The van der Waals surface area contributed by atoms with E-state index in [1.165, 1.54) is 75.9 Å². The number of rotatable bonds is 4. The van der Waals surface area contributed by atoms with Gasteiger partial charge in [0.25, 0.3) is 0 Å². The highest BCUT2D eigenvalue weighted by Crippen LogP contribution is 2.41. The first-order chi connectivity index (χ1) is 31.7. The maximum absolute atomic E-state index is 5.27.